The predicted octanol–water partition coefficient (Wildman–Crippen LogP) is 6.50. The second-order valence-electron chi connectivity index (χ2n) is 8.34. The van der Waals surface area contributed by atoms with Gasteiger partial charge in [0.15, 0.2) is 11.5 Å². The summed E-state index contributed by atoms with van der Waals surface area (Å²) in [6, 6.07) is 19.3. The van der Waals surface area contributed by atoms with Gasteiger partial charge in [0.25, 0.3) is 11.8 Å². The van der Waals surface area contributed by atoms with Crippen molar-refractivity contribution in [2.75, 3.05) is 13.7 Å². The Bertz CT molecular complexity index is 1090. The highest BCUT2D eigenvalue weighted by atomic mass is 79.9. The molecule has 2 amide bonds. The average Bonchev–Trinajstić information content (AvgIpc) is 2.84. The van der Waals surface area contributed by atoms with Crippen molar-refractivity contribution >= 4 is 43.7 Å². The van der Waals surface area contributed by atoms with Crippen molar-refractivity contribution < 1.29 is 19.1 Å². The fourth-order valence-corrected chi connectivity index (χ4v) is 3.75. The zero-order valence-corrected chi connectivity index (χ0v) is 23.0. The highest BCUT2D eigenvalue weighted by Crippen LogP contribution is 2.30. The molecule has 35 heavy (non-hydrogen) atoms. The molecular formula is C27H28Br2N2O4. The molecule has 184 valence electrons. The van der Waals surface area contributed by atoms with Crippen molar-refractivity contribution in [3.63, 3.8) is 0 Å². The molecule has 3 aromatic carbocycles. The molecule has 0 unspecified atom stereocenters. The van der Waals surface area contributed by atoms with Gasteiger partial charge >= 0.3 is 0 Å². The van der Waals surface area contributed by atoms with Crippen molar-refractivity contribution in [3.8, 4) is 11.5 Å². The SMILES string of the molecule is COc1cc(C(NC(=O)c2ccc(Br)cc2)NC(=O)c2ccc(Br)cc2)ccc1OCCC(C)C. The number of carbonyl (C=O) groups excluding carboxylic acids is 2. The molecule has 2 N–H and O–H groups in total. The van der Waals surface area contributed by atoms with Gasteiger partial charge in [-0.2, -0.15) is 0 Å². The van der Waals surface area contributed by atoms with Gasteiger partial charge < -0.3 is 20.1 Å². The summed E-state index contributed by atoms with van der Waals surface area (Å²) in [5.41, 5.74) is 1.59. The van der Waals surface area contributed by atoms with Crippen LogP contribution in [0.2, 0.25) is 0 Å². The molecule has 0 bridgehead atoms. The molecular weight excluding hydrogens is 576 g/mol. The smallest absolute Gasteiger partial charge is 0.253 e. The van der Waals surface area contributed by atoms with Crippen LogP contribution in [0, 0.1) is 5.92 Å². The number of amides is 2. The van der Waals surface area contributed by atoms with Gasteiger partial charge in [0.2, 0.25) is 0 Å². The van der Waals surface area contributed by atoms with E-state index in [1.54, 1.807) is 67.8 Å². The maximum atomic E-state index is 13.0. The molecule has 0 aliphatic heterocycles. The van der Waals surface area contributed by atoms with Gasteiger partial charge in [0, 0.05) is 20.1 Å². The number of rotatable bonds is 10. The van der Waals surface area contributed by atoms with E-state index in [4.69, 9.17) is 9.47 Å². The van der Waals surface area contributed by atoms with E-state index in [0.717, 1.165) is 15.4 Å². The van der Waals surface area contributed by atoms with E-state index < -0.39 is 6.17 Å². The van der Waals surface area contributed by atoms with Crippen LogP contribution in [0.1, 0.15) is 52.7 Å². The van der Waals surface area contributed by atoms with Crippen LogP contribution in [-0.4, -0.2) is 25.5 Å². The third-order valence-electron chi connectivity index (χ3n) is 5.24. The van der Waals surface area contributed by atoms with Gasteiger partial charge in [-0.1, -0.05) is 51.8 Å². The van der Waals surface area contributed by atoms with Gasteiger partial charge in [0.1, 0.15) is 6.17 Å². The maximum Gasteiger partial charge on any atom is 0.253 e. The molecule has 0 fully saturated rings. The quantitative estimate of drug-likeness (QED) is 0.259. The summed E-state index contributed by atoms with van der Waals surface area (Å²) < 4.78 is 13.2. The Morgan fingerprint density at radius 3 is 1.77 bits per heavy atom. The molecule has 0 heterocycles. The molecule has 6 nitrogen and oxygen atoms in total. The number of methoxy groups -OCH3 is 1. The van der Waals surface area contributed by atoms with E-state index in [-0.39, 0.29) is 11.8 Å². The lowest BCUT2D eigenvalue weighted by molar-refractivity contribution is 0.0883. The Balaban J connectivity index is 1.87. The van der Waals surface area contributed by atoms with Crippen LogP contribution in [0.25, 0.3) is 0 Å². The number of benzene rings is 3. The summed E-state index contributed by atoms with van der Waals surface area (Å²) in [6.07, 6.45) is 0.112. The van der Waals surface area contributed by atoms with Crippen molar-refractivity contribution in [1.82, 2.24) is 10.6 Å². The summed E-state index contributed by atoms with van der Waals surface area (Å²) in [6.45, 7) is 4.84. The van der Waals surface area contributed by atoms with Crippen LogP contribution in [0.15, 0.2) is 75.7 Å². The first-order chi connectivity index (χ1) is 16.8. The fourth-order valence-electron chi connectivity index (χ4n) is 3.22. The molecule has 3 rings (SSSR count). The Labute approximate surface area is 222 Å². The number of hydrogen-bond acceptors (Lipinski definition) is 4. The molecule has 0 spiro atoms. The van der Waals surface area contributed by atoms with E-state index in [0.29, 0.717) is 40.7 Å². The second-order valence-corrected chi connectivity index (χ2v) is 10.2. The number of carbonyl (C=O) groups is 2. The minimum absolute atomic E-state index is 0.324. The van der Waals surface area contributed by atoms with Gasteiger partial charge in [-0.25, -0.2) is 0 Å². The number of ether oxygens (including phenoxy) is 2. The van der Waals surface area contributed by atoms with Crippen LogP contribution >= 0.6 is 31.9 Å². The van der Waals surface area contributed by atoms with E-state index >= 15 is 0 Å². The summed E-state index contributed by atoms with van der Waals surface area (Å²) in [7, 11) is 1.56. The summed E-state index contributed by atoms with van der Waals surface area (Å²) >= 11 is 6.75. The van der Waals surface area contributed by atoms with Gasteiger partial charge in [-0.05, 0) is 78.6 Å². The standard InChI is InChI=1S/C27H28Br2N2O4/c1-17(2)14-15-35-23-13-8-20(16-24(23)34-3)25(30-26(32)18-4-9-21(28)10-5-18)31-27(33)19-6-11-22(29)12-7-19/h4-13,16-17,25H,14-15H2,1-3H3,(H,30,32)(H,31,33). The second kappa shape index (κ2) is 12.7. The Kier molecular flexibility index (Phi) is 9.74. The molecule has 0 aromatic heterocycles. The summed E-state index contributed by atoms with van der Waals surface area (Å²) in [5.74, 6) is 0.998. The molecule has 0 aliphatic rings. The first-order valence-electron chi connectivity index (χ1n) is 11.2. The molecule has 0 saturated heterocycles. The first-order valence-corrected chi connectivity index (χ1v) is 12.8. The zero-order chi connectivity index (χ0) is 25.4. The van der Waals surface area contributed by atoms with E-state index in [1.165, 1.54) is 0 Å². The Morgan fingerprint density at radius 2 is 1.31 bits per heavy atom. The van der Waals surface area contributed by atoms with Crippen LogP contribution in [0.5, 0.6) is 11.5 Å². The number of nitrogens with one attached hydrogen (secondary N) is 2. The molecule has 0 radical (unpaired) electrons. The first kappa shape index (κ1) is 26.8. The van der Waals surface area contributed by atoms with Gasteiger partial charge in [-0.15, -0.1) is 0 Å². The zero-order valence-electron chi connectivity index (χ0n) is 19.8. The molecule has 3 aromatic rings. The average molecular weight is 604 g/mol. The lowest BCUT2D eigenvalue weighted by Crippen LogP contribution is -2.41. The lowest BCUT2D eigenvalue weighted by atomic mass is 10.1. The predicted molar refractivity (Wildman–Crippen MR) is 144 cm³/mol. The van der Waals surface area contributed by atoms with Crippen LogP contribution < -0.4 is 20.1 Å². The van der Waals surface area contributed by atoms with Crippen LogP contribution in [-0.2, 0) is 0 Å². The number of halogens is 2. The van der Waals surface area contributed by atoms with Crippen molar-refractivity contribution in [2.45, 2.75) is 26.4 Å². The molecule has 0 aliphatic carbocycles. The highest BCUT2D eigenvalue weighted by Gasteiger charge is 2.21. The molecule has 0 saturated carbocycles. The maximum absolute atomic E-state index is 13.0. The van der Waals surface area contributed by atoms with Crippen molar-refractivity contribution in [2.24, 2.45) is 5.92 Å². The largest absolute Gasteiger partial charge is 0.493 e. The van der Waals surface area contributed by atoms with Crippen LogP contribution in [0.4, 0.5) is 0 Å². The molecule has 0 atom stereocenters. The topological polar surface area (TPSA) is 76.7 Å². The normalized spacial score (nSPS) is 10.8. The lowest BCUT2D eigenvalue weighted by Gasteiger charge is -2.22. The summed E-state index contributed by atoms with van der Waals surface area (Å²) in [5, 5.41) is 5.84. The van der Waals surface area contributed by atoms with Crippen LogP contribution in [0.3, 0.4) is 0 Å². The highest BCUT2D eigenvalue weighted by molar-refractivity contribution is 9.10. The number of hydrogen-bond donors (Lipinski definition) is 2. The van der Waals surface area contributed by atoms with Crippen molar-refractivity contribution in [1.29, 1.82) is 0 Å². The monoisotopic (exact) mass is 602 g/mol. The van der Waals surface area contributed by atoms with Gasteiger partial charge in [-0.3, -0.25) is 9.59 Å². The van der Waals surface area contributed by atoms with Crippen molar-refractivity contribution in [3.05, 3.63) is 92.4 Å². The molecule has 8 heteroatoms. The minimum Gasteiger partial charge on any atom is -0.493 e. The van der Waals surface area contributed by atoms with E-state index in [1.807, 2.05) is 6.07 Å². The third kappa shape index (κ3) is 7.83. The minimum atomic E-state index is -0.805. The summed E-state index contributed by atoms with van der Waals surface area (Å²) in [4.78, 5) is 26.0. The van der Waals surface area contributed by atoms with Gasteiger partial charge in [0.05, 0.1) is 13.7 Å². The fraction of sp³-hybridized carbons (Fsp3) is 0.259. The Hall–Kier alpha value is -2.84. The van der Waals surface area contributed by atoms with E-state index in [2.05, 4.69) is 56.3 Å². The van der Waals surface area contributed by atoms with E-state index in [9.17, 15) is 9.59 Å². The Morgan fingerprint density at radius 1 is 0.800 bits per heavy atom. The third-order valence-corrected chi connectivity index (χ3v) is 6.29.